The number of aromatic amines is 1. The van der Waals surface area contributed by atoms with Gasteiger partial charge in [0.2, 0.25) is 0 Å². The Morgan fingerprint density at radius 3 is 2.93 bits per heavy atom. The standard InChI is InChI=1S/C20H20FN7O2/c1-11-5-4-7-28-14(11)9-13(26-28)16-15-12(22-10-23-15)6-8-27(16)18(29)17-24-25-19(30-17)20(2,3)21/h4-5,7,9-10,16H,6,8H2,1-3H3,(H,22,23)/t16-/m1/s1. The van der Waals surface area contributed by atoms with Crippen molar-refractivity contribution in [2.24, 2.45) is 0 Å². The molecule has 5 heterocycles. The third kappa shape index (κ3) is 2.87. The number of aryl methyl sites for hydroxylation is 1. The Morgan fingerprint density at radius 1 is 1.37 bits per heavy atom. The van der Waals surface area contributed by atoms with Crippen molar-refractivity contribution in [3.63, 3.8) is 0 Å². The van der Waals surface area contributed by atoms with Crippen LogP contribution in [0.25, 0.3) is 5.52 Å². The smallest absolute Gasteiger partial charge is 0.312 e. The molecule has 0 saturated heterocycles. The molecule has 5 rings (SSSR count). The van der Waals surface area contributed by atoms with Gasteiger partial charge < -0.3 is 14.3 Å². The lowest BCUT2D eigenvalue weighted by Gasteiger charge is -2.32. The SMILES string of the molecule is Cc1cccn2nc([C@@H]3c4nc[nH]c4CCN3C(=O)c3nnc(C(C)(C)F)o3)cc12. The van der Waals surface area contributed by atoms with E-state index in [1.54, 1.807) is 15.7 Å². The van der Waals surface area contributed by atoms with Gasteiger partial charge in [-0.2, -0.15) is 5.10 Å². The molecule has 1 N–H and O–H groups in total. The summed E-state index contributed by atoms with van der Waals surface area (Å²) in [4.78, 5) is 22.5. The highest BCUT2D eigenvalue weighted by Crippen LogP contribution is 2.34. The monoisotopic (exact) mass is 409 g/mol. The van der Waals surface area contributed by atoms with E-state index in [-0.39, 0.29) is 11.8 Å². The molecule has 0 spiro atoms. The molecule has 0 unspecified atom stereocenters. The van der Waals surface area contributed by atoms with Gasteiger partial charge >= 0.3 is 11.8 Å². The van der Waals surface area contributed by atoms with Gasteiger partial charge in [0.25, 0.3) is 5.89 Å². The van der Waals surface area contributed by atoms with Gasteiger partial charge in [0.05, 0.1) is 23.2 Å². The number of carbonyl (C=O) groups excluding carboxylic acids is 1. The molecule has 4 aromatic rings. The Kier molecular flexibility index (Phi) is 3.99. The molecular formula is C20H20FN7O2. The van der Waals surface area contributed by atoms with E-state index in [9.17, 15) is 9.18 Å². The van der Waals surface area contributed by atoms with Crippen molar-refractivity contribution in [3.8, 4) is 0 Å². The molecule has 154 valence electrons. The Morgan fingerprint density at radius 2 is 2.20 bits per heavy atom. The number of aromatic nitrogens is 6. The van der Waals surface area contributed by atoms with Crippen LogP contribution in [0.15, 0.2) is 35.1 Å². The molecule has 30 heavy (non-hydrogen) atoms. The Labute approximate surface area is 170 Å². The molecule has 0 saturated carbocycles. The third-order valence-electron chi connectivity index (χ3n) is 5.31. The predicted octanol–water partition coefficient (Wildman–Crippen LogP) is 2.74. The van der Waals surface area contributed by atoms with Gasteiger partial charge in [-0.3, -0.25) is 4.79 Å². The van der Waals surface area contributed by atoms with E-state index in [1.165, 1.54) is 13.8 Å². The lowest BCUT2D eigenvalue weighted by Crippen LogP contribution is -2.41. The molecular weight excluding hydrogens is 389 g/mol. The summed E-state index contributed by atoms with van der Waals surface area (Å²) in [6, 6.07) is 5.35. The molecule has 4 aromatic heterocycles. The van der Waals surface area contributed by atoms with Crippen molar-refractivity contribution in [2.45, 2.75) is 38.9 Å². The van der Waals surface area contributed by atoms with Crippen molar-refractivity contribution in [3.05, 3.63) is 65.1 Å². The number of rotatable bonds is 3. The number of hydrogen-bond acceptors (Lipinski definition) is 6. The number of halogens is 1. The van der Waals surface area contributed by atoms with Crippen LogP contribution in [0.2, 0.25) is 0 Å². The van der Waals surface area contributed by atoms with Crippen LogP contribution in [0.4, 0.5) is 4.39 Å². The Hall–Kier alpha value is -3.56. The largest absolute Gasteiger partial charge is 0.413 e. The highest BCUT2D eigenvalue weighted by atomic mass is 19.1. The zero-order chi connectivity index (χ0) is 21.0. The zero-order valence-corrected chi connectivity index (χ0v) is 16.8. The van der Waals surface area contributed by atoms with Gasteiger partial charge in [-0.25, -0.2) is 13.9 Å². The zero-order valence-electron chi connectivity index (χ0n) is 16.8. The first kappa shape index (κ1) is 18.5. The minimum atomic E-state index is -1.83. The maximum atomic E-state index is 14.1. The van der Waals surface area contributed by atoms with E-state index >= 15 is 0 Å². The molecule has 1 amide bonds. The first-order valence-electron chi connectivity index (χ1n) is 9.64. The number of hydrogen-bond donors (Lipinski definition) is 1. The van der Waals surface area contributed by atoms with Crippen molar-refractivity contribution >= 4 is 11.4 Å². The lowest BCUT2D eigenvalue weighted by molar-refractivity contribution is 0.0636. The Bertz CT molecular complexity index is 1250. The molecule has 0 bridgehead atoms. The molecule has 1 aliphatic heterocycles. The molecule has 0 fully saturated rings. The summed E-state index contributed by atoms with van der Waals surface area (Å²) in [5, 5.41) is 12.2. The minimum absolute atomic E-state index is 0.233. The van der Waals surface area contributed by atoms with Gasteiger partial charge in [-0.05, 0) is 38.5 Å². The van der Waals surface area contributed by atoms with Crippen LogP contribution in [-0.2, 0) is 12.1 Å². The van der Waals surface area contributed by atoms with Crippen LogP contribution in [0.5, 0.6) is 0 Å². The van der Waals surface area contributed by atoms with Gasteiger partial charge in [0.15, 0.2) is 5.67 Å². The lowest BCUT2D eigenvalue weighted by atomic mass is 9.99. The summed E-state index contributed by atoms with van der Waals surface area (Å²) in [5.41, 5.74) is 2.54. The summed E-state index contributed by atoms with van der Waals surface area (Å²) in [6.45, 7) is 5.01. The Balaban J connectivity index is 1.59. The predicted molar refractivity (Wildman–Crippen MR) is 104 cm³/mol. The summed E-state index contributed by atoms with van der Waals surface area (Å²) < 4.78 is 21.3. The highest BCUT2D eigenvalue weighted by molar-refractivity contribution is 5.90. The quantitative estimate of drug-likeness (QED) is 0.558. The second-order valence-electron chi connectivity index (χ2n) is 7.89. The third-order valence-corrected chi connectivity index (χ3v) is 5.31. The number of amides is 1. The number of carbonyl (C=O) groups is 1. The minimum Gasteiger partial charge on any atom is -0.413 e. The first-order chi connectivity index (χ1) is 14.3. The number of nitrogens with one attached hydrogen (secondary N) is 1. The summed E-state index contributed by atoms with van der Waals surface area (Å²) >= 11 is 0. The average Bonchev–Trinajstić information content (AvgIpc) is 3.44. The fraction of sp³-hybridized carbons (Fsp3) is 0.350. The van der Waals surface area contributed by atoms with Crippen LogP contribution in [0.3, 0.4) is 0 Å². The van der Waals surface area contributed by atoms with E-state index in [2.05, 4.69) is 25.3 Å². The van der Waals surface area contributed by atoms with Crippen LogP contribution < -0.4 is 0 Å². The fourth-order valence-corrected chi connectivity index (χ4v) is 3.78. The molecule has 1 aliphatic rings. The van der Waals surface area contributed by atoms with Gasteiger partial charge in [0.1, 0.15) is 6.04 Å². The number of imidazole rings is 1. The number of H-pyrrole nitrogens is 1. The van der Waals surface area contributed by atoms with Gasteiger partial charge in [0, 0.05) is 24.9 Å². The normalized spacial score (nSPS) is 16.8. The molecule has 0 aromatic carbocycles. The molecule has 0 aliphatic carbocycles. The highest BCUT2D eigenvalue weighted by Gasteiger charge is 2.39. The fourth-order valence-electron chi connectivity index (χ4n) is 3.78. The first-order valence-corrected chi connectivity index (χ1v) is 9.64. The van der Waals surface area contributed by atoms with E-state index in [0.717, 1.165) is 22.5 Å². The topological polar surface area (TPSA) is 105 Å². The average molecular weight is 409 g/mol. The molecule has 1 atom stereocenters. The van der Waals surface area contributed by atoms with E-state index < -0.39 is 17.6 Å². The van der Waals surface area contributed by atoms with E-state index in [1.807, 2.05) is 31.3 Å². The summed E-state index contributed by atoms with van der Waals surface area (Å²) in [6.07, 6.45) is 4.07. The van der Waals surface area contributed by atoms with Crippen LogP contribution in [0.1, 0.15) is 59.1 Å². The molecule has 0 radical (unpaired) electrons. The number of pyridine rings is 1. The summed E-state index contributed by atoms with van der Waals surface area (Å²) in [5.74, 6) is -0.965. The van der Waals surface area contributed by atoms with Crippen molar-refractivity contribution in [1.29, 1.82) is 0 Å². The number of alkyl halides is 1. The van der Waals surface area contributed by atoms with Crippen molar-refractivity contribution in [2.75, 3.05) is 6.54 Å². The second-order valence-corrected chi connectivity index (χ2v) is 7.89. The van der Waals surface area contributed by atoms with E-state index in [4.69, 9.17) is 4.42 Å². The van der Waals surface area contributed by atoms with Crippen LogP contribution in [0, 0.1) is 6.92 Å². The van der Waals surface area contributed by atoms with Crippen LogP contribution in [-0.4, -0.2) is 47.1 Å². The van der Waals surface area contributed by atoms with Gasteiger partial charge in [-0.15, -0.1) is 10.2 Å². The molecule has 10 heteroatoms. The maximum absolute atomic E-state index is 14.1. The molecule has 9 nitrogen and oxygen atoms in total. The van der Waals surface area contributed by atoms with Crippen molar-refractivity contribution in [1.82, 2.24) is 34.7 Å². The number of fused-ring (bicyclic) bond motifs is 2. The number of nitrogens with zero attached hydrogens (tertiary/aromatic N) is 6. The maximum Gasteiger partial charge on any atom is 0.312 e. The van der Waals surface area contributed by atoms with E-state index in [0.29, 0.717) is 18.7 Å². The van der Waals surface area contributed by atoms with Crippen LogP contribution >= 0.6 is 0 Å². The van der Waals surface area contributed by atoms with Crippen molar-refractivity contribution < 1.29 is 13.6 Å². The van der Waals surface area contributed by atoms with Gasteiger partial charge in [-0.1, -0.05) is 6.07 Å². The summed E-state index contributed by atoms with van der Waals surface area (Å²) in [7, 11) is 0. The second kappa shape index (κ2) is 6.48.